The maximum Gasteiger partial charge on any atom is 0.266 e. The highest BCUT2D eigenvalue weighted by Crippen LogP contribution is 2.34. The zero-order valence-electron chi connectivity index (χ0n) is 16.6. The smallest absolute Gasteiger partial charge is 0.266 e. The van der Waals surface area contributed by atoms with E-state index in [2.05, 4.69) is 42.7 Å². The van der Waals surface area contributed by atoms with Gasteiger partial charge in [0.15, 0.2) is 5.17 Å². The van der Waals surface area contributed by atoms with Crippen LogP contribution >= 0.6 is 11.8 Å². The Morgan fingerprint density at radius 1 is 0.966 bits per heavy atom. The van der Waals surface area contributed by atoms with Gasteiger partial charge in [0.25, 0.3) is 5.91 Å². The van der Waals surface area contributed by atoms with E-state index in [9.17, 15) is 4.79 Å². The summed E-state index contributed by atoms with van der Waals surface area (Å²) in [5.74, 6) is 0.0185. The summed E-state index contributed by atoms with van der Waals surface area (Å²) in [6.45, 7) is 4.81. The summed E-state index contributed by atoms with van der Waals surface area (Å²) in [5.41, 5.74) is 4.05. The van der Waals surface area contributed by atoms with Crippen molar-refractivity contribution in [3.8, 4) is 5.69 Å². The minimum Gasteiger partial charge on any atom is -0.314 e. The summed E-state index contributed by atoms with van der Waals surface area (Å²) in [7, 11) is 0. The van der Waals surface area contributed by atoms with E-state index < -0.39 is 0 Å². The van der Waals surface area contributed by atoms with Gasteiger partial charge in [0.2, 0.25) is 0 Å². The number of aryl methyl sites for hydroxylation is 1. The predicted octanol–water partition coefficient (Wildman–Crippen LogP) is 5.80. The SMILES string of the molecule is CCCN1C(=O)/C(=C/c2ccc(C)n2-c2ccccc2)SC1=Nc1ccccc1. The van der Waals surface area contributed by atoms with E-state index in [1.807, 2.05) is 54.6 Å². The van der Waals surface area contributed by atoms with Gasteiger partial charge in [-0.05, 0) is 67.6 Å². The number of rotatable bonds is 5. The highest BCUT2D eigenvalue weighted by atomic mass is 32.2. The first-order chi connectivity index (χ1) is 14.2. The van der Waals surface area contributed by atoms with Gasteiger partial charge in [0.1, 0.15) is 0 Å². The van der Waals surface area contributed by atoms with Crippen LogP contribution in [0.4, 0.5) is 5.69 Å². The van der Waals surface area contributed by atoms with E-state index in [4.69, 9.17) is 4.99 Å². The first-order valence-electron chi connectivity index (χ1n) is 9.76. The first-order valence-corrected chi connectivity index (χ1v) is 10.6. The minimum atomic E-state index is 0.0185. The average molecular weight is 402 g/mol. The van der Waals surface area contributed by atoms with Crippen molar-refractivity contribution in [3.05, 3.63) is 89.1 Å². The van der Waals surface area contributed by atoms with E-state index in [-0.39, 0.29) is 5.91 Å². The van der Waals surface area contributed by atoms with Crippen molar-refractivity contribution < 1.29 is 4.79 Å². The summed E-state index contributed by atoms with van der Waals surface area (Å²) in [5, 5.41) is 0.740. The molecule has 1 aliphatic heterocycles. The number of amides is 1. The minimum absolute atomic E-state index is 0.0185. The molecule has 0 radical (unpaired) electrons. The molecule has 0 saturated carbocycles. The van der Waals surface area contributed by atoms with Crippen LogP contribution in [0.1, 0.15) is 24.7 Å². The lowest BCUT2D eigenvalue weighted by atomic mass is 10.3. The van der Waals surface area contributed by atoms with E-state index in [1.165, 1.54) is 11.8 Å². The van der Waals surface area contributed by atoms with Crippen LogP contribution in [0.2, 0.25) is 0 Å². The number of thioether (sulfide) groups is 1. The quantitative estimate of drug-likeness (QED) is 0.507. The maximum atomic E-state index is 13.1. The van der Waals surface area contributed by atoms with Crippen LogP contribution < -0.4 is 0 Å². The van der Waals surface area contributed by atoms with Crippen molar-refractivity contribution in [1.82, 2.24) is 9.47 Å². The zero-order chi connectivity index (χ0) is 20.2. The second-order valence-electron chi connectivity index (χ2n) is 6.87. The molecule has 0 atom stereocenters. The van der Waals surface area contributed by atoms with Gasteiger partial charge in [-0.1, -0.05) is 43.3 Å². The Bertz CT molecular complexity index is 1070. The molecular formula is C24H23N3OS. The Morgan fingerprint density at radius 3 is 2.34 bits per heavy atom. The number of para-hydroxylation sites is 2. The Morgan fingerprint density at radius 2 is 1.66 bits per heavy atom. The third-order valence-corrected chi connectivity index (χ3v) is 5.72. The van der Waals surface area contributed by atoms with Crippen LogP contribution in [0.5, 0.6) is 0 Å². The molecule has 1 aromatic heterocycles. The number of hydrogen-bond acceptors (Lipinski definition) is 3. The molecule has 0 unspecified atom stereocenters. The highest BCUT2D eigenvalue weighted by Gasteiger charge is 2.33. The summed E-state index contributed by atoms with van der Waals surface area (Å²) in [6.07, 6.45) is 2.86. The molecule has 1 fully saturated rings. The molecule has 4 rings (SSSR count). The molecule has 0 aliphatic carbocycles. The van der Waals surface area contributed by atoms with Crippen LogP contribution in [-0.4, -0.2) is 27.1 Å². The molecule has 2 aromatic carbocycles. The number of carbonyl (C=O) groups is 1. The summed E-state index contributed by atoms with van der Waals surface area (Å²) in [4.78, 5) is 20.3. The van der Waals surface area contributed by atoms with Crippen molar-refractivity contribution in [2.75, 3.05) is 6.54 Å². The fraction of sp³-hybridized carbons (Fsp3) is 0.167. The van der Waals surface area contributed by atoms with Crippen molar-refractivity contribution >= 4 is 34.6 Å². The molecule has 146 valence electrons. The lowest BCUT2D eigenvalue weighted by molar-refractivity contribution is -0.122. The van der Waals surface area contributed by atoms with Gasteiger partial charge in [-0.15, -0.1) is 0 Å². The van der Waals surface area contributed by atoms with Crippen LogP contribution in [0, 0.1) is 6.92 Å². The van der Waals surface area contributed by atoms with Crippen LogP contribution in [0.3, 0.4) is 0 Å². The number of amidine groups is 1. The van der Waals surface area contributed by atoms with Gasteiger partial charge in [-0.2, -0.15) is 0 Å². The molecule has 2 heterocycles. The summed E-state index contributed by atoms with van der Waals surface area (Å²) >= 11 is 1.44. The number of hydrogen-bond donors (Lipinski definition) is 0. The second kappa shape index (κ2) is 8.53. The average Bonchev–Trinajstić information content (AvgIpc) is 3.24. The number of carbonyl (C=O) groups excluding carboxylic acids is 1. The number of benzene rings is 2. The Hall–Kier alpha value is -3.05. The molecule has 1 saturated heterocycles. The fourth-order valence-electron chi connectivity index (χ4n) is 3.36. The zero-order valence-corrected chi connectivity index (χ0v) is 17.4. The lowest BCUT2D eigenvalue weighted by Gasteiger charge is -2.14. The fourth-order valence-corrected chi connectivity index (χ4v) is 4.37. The summed E-state index contributed by atoms with van der Waals surface area (Å²) < 4.78 is 2.16. The highest BCUT2D eigenvalue weighted by molar-refractivity contribution is 8.18. The van der Waals surface area contributed by atoms with E-state index >= 15 is 0 Å². The Labute approximate surface area is 175 Å². The lowest BCUT2D eigenvalue weighted by Crippen LogP contribution is -2.29. The van der Waals surface area contributed by atoms with Gasteiger partial charge in [0.05, 0.1) is 10.6 Å². The van der Waals surface area contributed by atoms with Crippen LogP contribution in [0.15, 0.2) is 82.7 Å². The van der Waals surface area contributed by atoms with Crippen molar-refractivity contribution in [2.24, 2.45) is 4.99 Å². The van der Waals surface area contributed by atoms with Crippen LogP contribution in [0.25, 0.3) is 11.8 Å². The molecule has 0 N–H and O–H groups in total. The Kier molecular flexibility index (Phi) is 5.67. The monoisotopic (exact) mass is 401 g/mol. The maximum absolute atomic E-state index is 13.1. The third kappa shape index (κ3) is 4.05. The topological polar surface area (TPSA) is 37.6 Å². The summed E-state index contributed by atoms with van der Waals surface area (Å²) in [6, 6.07) is 24.1. The molecule has 3 aromatic rings. The molecule has 1 aliphatic rings. The number of aliphatic imine (C=N–C) groups is 1. The number of nitrogens with zero attached hydrogens (tertiary/aromatic N) is 3. The van der Waals surface area contributed by atoms with Crippen molar-refractivity contribution in [1.29, 1.82) is 0 Å². The first kappa shape index (κ1) is 19.3. The molecule has 0 bridgehead atoms. The van der Waals surface area contributed by atoms with Crippen molar-refractivity contribution in [2.45, 2.75) is 20.3 Å². The van der Waals surface area contributed by atoms with E-state index in [1.54, 1.807) is 4.90 Å². The predicted molar refractivity (Wildman–Crippen MR) is 122 cm³/mol. The van der Waals surface area contributed by atoms with Crippen LogP contribution in [-0.2, 0) is 4.79 Å². The van der Waals surface area contributed by atoms with E-state index in [0.717, 1.165) is 34.4 Å². The van der Waals surface area contributed by atoms with Gasteiger partial charge in [0, 0.05) is 23.6 Å². The van der Waals surface area contributed by atoms with Gasteiger partial charge < -0.3 is 4.57 Å². The molecule has 5 heteroatoms. The van der Waals surface area contributed by atoms with E-state index in [0.29, 0.717) is 11.4 Å². The third-order valence-electron chi connectivity index (χ3n) is 4.72. The standard InChI is InChI=1S/C24H23N3OS/c1-3-16-26-23(28)22(29-24(26)25-19-10-6-4-7-11-19)17-21-15-14-18(2)27(21)20-12-8-5-9-13-20/h4-15,17H,3,16H2,1-2H3/b22-17-,25-24?. The normalized spacial score (nSPS) is 16.9. The second-order valence-corrected chi connectivity index (χ2v) is 7.88. The molecular weight excluding hydrogens is 378 g/mol. The van der Waals surface area contributed by atoms with Gasteiger partial charge in [-0.25, -0.2) is 4.99 Å². The molecule has 1 amide bonds. The van der Waals surface area contributed by atoms with Gasteiger partial charge >= 0.3 is 0 Å². The number of aromatic nitrogens is 1. The molecule has 0 spiro atoms. The van der Waals surface area contributed by atoms with Gasteiger partial charge in [-0.3, -0.25) is 9.69 Å². The molecule has 29 heavy (non-hydrogen) atoms. The van der Waals surface area contributed by atoms with Crippen molar-refractivity contribution in [3.63, 3.8) is 0 Å². The Balaban J connectivity index is 1.72. The largest absolute Gasteiger partial charge is 0.314 e. The molecule has 4 nitrogen and oxygen atoms in total.